The highest BCUT2D eigenvalue weighted by molar-refractivity contribution is 5.85. The van der Waals surface area contributed by atoms with E-state index in [9.17, 15) is 9.59 Å². The molecule has 202 valence electrons. The lowest BCUT2D eigenvalue weighted by Crippen LogP contribution is -2.68. The molecule has 0 bridgehead atoms. The summed E-state index contributed by atoms with van der Waals surface area (Å²) in [6.07, 6.45) is 23.6. The third-order valence-electron chi connectivity index (χ3n) is 7.21. The monoisotopic (exact) mass is 501 g/mol. The lowest BCUT2D eigenvalue weighted by molar-refractivity contribution is -0.150. The van der Waals surface area contributed by atoms with Gasteiger partial charge < -0.3 is 10.2 Å². The van der Waals surface area contributed by atoms with Gasteiger partial charge in [-0.2, -0.15) is 0 Å². The molecule has 1 aliphatic rings. The van der Waals surface area contributed by atoms with Gasteiger partial charge in [0.1, 0.15) is 0 Å². The average molecular weight is 502 g/mol. The number of carbonyl (C=O) groups is 2. The molecule has 0 aromatic carbocycles. The lowest BCUT2D eigenvalue weighted by Gasteiger charge is -2.47. The van der Waals surface area contributed by atoms with Crippen LogP contribution in [0.2, 0.25) is 0 Å². The quantitative estimate of drug-likeness (QED) is 0.131. The van der Waals surface area contributed by atoms with E-state index < -0.39 is 5.79 Å². The Kier molecular flexibility index (Phi) is 19.9. The molecule has 0 spiro atoms. The van der Waals surface area contributed by atoms with E-state index in [2.05, 4.69) is 19.2 Å². The summed E-state index contributed by atoms with van der Waals surface area (Å²) in [6, 6.07) is 0. The molecule has 0 aromatic rings. The van der Waals surface area contributed by atoms with Gasteiger partial charge in [-0.3, -0.25) is 14.5 Å². The van der Waals surface area contributed by atoms with E-state index in [1.54, 1.807) is 0 Å². The van der Waals surface area contributed by atoms with Gasteiger partial charge in [-0.05, 0) is 26.9 Å². The van der Waals surface area contributed by atoms with Crippen LogP contribution >= 0.6 is 12.4 Å². The van der Waals surface area contributed by atoms with Gasteiger partial charge in [-0.15, -0.1) is 12.4 Å². The zero-order valence-electron chi connectivity index (χ0n) is 23.0. The number of nitrogens with one attached hydrogen (secondary N) is 1. The van der Waals surface area contributed by atoms with Crippen molar-refractivity contribution in [3.63, 3.8) is 0 Å². The van der Waals surface area contributed by atoms with Crippen LogP contribution in [0.5, 0.6) is 0 Å². The number of likely N-dealkylation sites (tertiary alicyclic amines) is 1. The lowest BCUT2D eigenvalue weighted by atomic mass is 10.0. The second-order valence-corrected chi connectivity index (χ2v) is 10.4. The fourth-order valence-corrected chi connectivity index (χ4v) is 5.17. The third kappa shape index (κ3) is 12.8. The van der Waals surface area contributed by atoms with E-state index in [1.807, 2.05) is 23.9 Å². The first-order valence-electron chi connectivity index (χ1n) is 14.3. The highest BCUT2D eigenvalue weighted by atomic mass is 35.5. The van der Waals surface area contributed by atoms with E-state index in [0.717, 1.165) is 38.6 Å². The van der Waals surface area contributed by atoms with E-state index in [4.69, 9.17) is 0 Å². The number of hydrogen-bond acceptors (Lipinski definition) is 3. The van der Waals surface area contributed by atoms with Crippen molar-refractivity contribution in [1.29, 1.82) is 0 Å². The highest BCUT2D eigenvalue weighted by Gasteiger charge is 2.44. The molecule has 1 saturated heterocycles. The summed E-state index contributed by atoms with van der Waals surface area (Å²) < 4.78 is 0. The molecule has 0 saturated carbocycles. The number of rotatable bonds is 21. The summed E-state index contributed by atoms with van der Waals surface area (Å²) in [5, 5.41) is 3.24. The van der Waals surface area contributed by atoms with Gasteiger partial charge >= 0.3 is 0 Å². The molecular formula is C28H56ClN3O2. The molecule has 1 heterocycles. The van der Waals surface area contributed by atoms with Gasteiger partial charge in [0.05, 0.1) is 0 Å². The minimum atomic E-state index is -0.672. The van der Waals surface area contributed by atoms with Crippen molar-refractivity contribution in [3.8, 4) is 0 Å². The van der Waals surface area contributed by atoms with Crippen LogP contribution in [0.25, 0.3) is 0 Å². The number of nitrogens with zero attached hydrogens (tertiary/aromatic N) is 2. The Morgan fingerprint density at radius 1 is 0.824 bits per heavy atom. The summed E-state index contributed by atoms with van der Waals surface area (Å²) in [5.41, 5.74) is 0. The summed E-state index contributed by atoms with van der Waals surface area (Å²) in [5.74, 6) is -0.439. The number of amides is 2. The van der Waals surface area contributed by atoms with Crippen LogP contribution in [0.3, 0.4) is 0 Å². The second kappa shape index (κ2) is 20.4. The molecule has 1 aliphatic heterocycles. The minimum absolute atomic E-state index is 0. The Balaban J connectivity index is 0.0000109. The molecule has 1 fully saturated rings. The van der Waals surface area contributed by atoms with Gasteiger partial charge in [0, 0.05) is 25.8 Å². The zero-order chi connectivity index (χ0) is 24.4. The smallest absolute Gasteiger partial charge is 0.225 e. The molecule has 2 amide bonds. The van der Waals surface area contributed by atoms with Gasteiger partial charge in [-0.25, -0.2) is 0 Å². The number of unbranched alkanes of at least 4 members (excludes halogenated alkanes) is 14. The topological polar surface area (TPSA) is 52.7 Å². The summed E-state index contributed by atoms with van der Waals surface area (Å²) in [6.45, 7) is 5.12. The van der Waals surface area contributed by atoms with E-state index >= 15 is 0 Å². The molecule has 1 atom stereocenters. The molecular weight excluding hydrogens is 446 g/mol. The predicted molar refractivity (Wildman–Crippen MR) is 147 cm³/mol. The predicted octanol–water partition coefficient (Wildman–Crippen LogP) is 7.42. The maximum atomic E-state index is 12.8. The molecule has 1 rings (SSSR count). The summed E-state index contributed by atoms with van der Waals surface area (Å²) in [7, 11) is 3.93. The van der Waals surface area contributed by atoms with Gasteiger partial charge in [0.25, 0.3) is 0 Å². The van der Waals surface area contributed by atoms with Crippen molar-refractivity contribution in [1.82, 2.24) is 15.1 Å². The van der Waals surface area contributed by atoms with Crippen LogP contribution in [0, 0.1) is 0 Å². The van der Waals surface area contributed by atoms with Crippen LogP contribution in [-0.4, -0.2) is 48.0 Å². The Bertz CT molecular complexity index is 530. The van der Waals surface area contributed by atoms with Crippen LogP contribution in [0.15, 0.2) is 0 Å². The highest BCUT2D eigenvalue weighted by Crippen LogP contribution is 2.27. The Labute approximate surface area is 217 Å². The van der Waals surface area contributed by atoms with Crippen molar-refractivity contribution in [3.05, 3.63) is 0 Å². The van der Waals surface area contributed by atoms with Crippen LogP contribution in [-0.2, 0) is 9.59 Å². The van der Waals surface area contributed by atoms with Crippen molar-refractivity contribution >= 4 is 24.2 Å². The van der Waals surface area contributed by atoms with Crippen molar-refractivity contribution in [2.45, 2.75) is 148 Å². The largest absolute Gasteiger partial charge is 0.321 e. The molecule has 6 heteroatoms. The van der Waals surface area contributed by atoms with Crippen molar-refractivity contribution in [2.75, 3.05) is 20.6 Å². The standard InChI is InChI=1S/C28H55N3O2.ClH/c1-5-7-8-9-10-11-12-13-14-15-16-17-18-19-20-22-26(32)29-28(24-6-2,30(3)4)31-25-21-23-27(31)33;/h5-25H2,1-4H3,(H,29,32);1H. The zero-order valence-corrected chi connectivity index (χ0v) is 23.8. The molecule has 0 radical (unpaired) electrons. The second-order valence-electron chi connectivity index (χ2n) is 10.4. The maximum absolute atomic E-state index is 12.8. The average Bonchev–Trinajstić information content (AvgIpc) is 3.22. The molecule has 1 unspecified atom stereocenters. The molecule has 0 aliphatic carbocycles. The third-order valence-corrected chi connectivity index (χ3v) is 7.21. The summed E-state index contributed by atoms with van der Waals surface area (Å²) >= 11 is 0. The first-order valence-corrected chi connectivity index (χ1v) is 14.3. The fraction of sp³-hybridized carbons (Fsp3) is 0.929. The van der Waals surface area contributed by atoms with Crippen LogP contribution in [0.4, 0.5) is 0 Å². The Morgan fingerprint density at radius 3 is 1.68 bits per heavy atom. The van der Waals surface area contributed by atoms with Gasteiger partial charge in [-0.1, -0.05) is 110 Å². The normalized spacial score (nSPS) is 15.4. The van der Waals surface area contributed by atoms with Gasteiger partial charge in [0.15, 0.2) is 5.79 Å². The van der Waals surface area contributed by atoms with E-state index in [-0.39, 0.29) is 24.2 Å². The SMILES string of the molecule is CCCCCCCCCCCCCCCCCC(=O)NC(CCC)(N(C)C)N1CCCC1=O.Cl. The van der Waals surface area contributed by atoms with Crippen molar-refractivity contribution in [2.24, 2.45) is 0 Å². The molecule has 5 nitrogen and oxygen atoms in total. The number of carbonyl (C=O) groups excluding carboxylic acids is 2. The molecule has 34 heavy (non-hydrogen) atoms. The van der Waals surface area contributed by atoms with Crippen molar-refractivity contribution < 1.29 is 9.59 Å². The maximum Gasteiger partial charge on any atom is 0.225 e. The van der Waals surface area contributed by atoms with Crippen LogP contribution in [0.1, 0.15) is 142 Å². The van der Waals surface area contributed by atoms with Gasteiger partial charge in [0.2, 0.25) is 11.8 Å². The minimum Gasteiger partial charge on any atom is -0.321 e. The molecule has 0 aromatic heterocycles. The summed E-state index contributed by atoms with van der Waals surface area (Å²) in [4.78, 5) is 29.1. The number of hydrogen-bond donors (Lipinski definition) is 1. The van der Waals surface area contributed by atoms with E-state index in [0.29, 0.717) is 12.8 Å². The Morgan fingerprint density at radius 2 is 1.29 bits per heavy atom. The fourth-order valence-electron chi connectivity index (χ4n) is 5.17. The van der Waals surface area contributed by atoms with E-state index in [1.165, 1.54) is 83.5 Å². The number of halogens is 1. The van der Waals surface area contributed by atoms with Crippen LogP contribution < -0.4 is 5.32 Å². The first kappa shape index (κ1) is 33.2. The molecule has 1 N–H and O–H groups in total. The first-order chi connectivity index (χ1) is 16.0. The Hall–Kier alpha value is -0.810.